The van der Waals surface area contributed by atoms with Gasteiger partial charge in [0.2, 0.25) is 5.95 Å². The summed E-state index contributed by atoms with van der Waals surface area (Å²) in [6.45, 7) is 8.48. The van der Waals surface area contributed by atoms with Crippen molar-refractivity contribution in [3.8, 4) is 0 Å². The number of anilines is 1. The summed E-state index contributed by atoms with van der Waals surface area (Å²) in [5, 5.41) is 14.2. The molecule has 0 aliphatic carbocycles. The first kappa shape index (κ1) is 31.8. The molecule has 2 aromatic heterocycles. The number of alkyl halides is 6. The van der Waals surface area contributed by atoms with Crippen molar-refractivity contribution in [1.82, 2.24) is 14.9 Å². The van der Waals surface area contributed by atoms with Crippen molar-refractivity contribution in [2.24, 2.45) is 5.41 Å². The summed E-state index contributed by atoms with van der Waals surface area (Å²) < 4.78 is 75.3. The van der Waals surface area contributed by atoms with E-state index in [-0.39, 0.29) is 5.41 Å². The molecule has 2 aliphatic rings. The zero-order valence-electron chi connectivity index (χ0n) is 20.8. The number of aliphatic carboxylic acids is 2. The van der Waals surface area contributed by atoms with E-state index in [2.05, 4.69) is 38.8 Å². The van der Waals surface area contributed by atoms with Crippen molar-refractivity contribution < 1.29 is 55.3 Å². The van der Waals surface area contributed by atoms with Crippen molar-refractivity contribution in [3.05, 3.63) is 42.1 Å². The van der Waals surface area contributed by atoms with Crippen molar-refractivity contribution >= 4 is 17.9 Å². The van der Waals surface area contributed by atoms with Gasteiger partial charge in [-0.05, 0) is 24.6 Å². The maximum atomic E-state index is 10.6. The Morgan fingerprint density at radius 2 is 1.54 bits per heavy atom. The number of aryl methyl sites for hydroxylation is 1. The van der Waals surface area contributed by atoms with Crippen LogP contribution in [0, 0.1) is 5.41 Å². The quantitative estimate of drug-likeness (QED) is 0.526. The van der Waals surface area contributed by atoms with Crippen LogP contribution in [0.3, 0.4) is 0 Å². The summed E-state index contributed by atoms with van der Waals surface area (Å²) in [4.78, 5) is 31.4. The lowest BCUT2D eigenvalue weighted by atomic mass is 9.87. The Hall–Kier alpha value is -3.40. The van der Waals surface area contributed by atoms with Gasteiger partial charge in [-0.3, -0.25) is 4.90 Å². The van der Waals surface area contributed by atoms with Crippen LogP contribution in [0.2, 0.25) is 0 Å². The van der Waals surface area contributed by atoms with Crippen molar-refractivity contribution in [3.63, 3.8) is 0 Å². The maximum Gasteiger partial charge on any atom is 0.490 e. The van der Waals surface area contributed by atoms with Crippen LogP contribution in [0.5, 0.6) is 0 Å². The molecule has 10 nitrogen and oxygen atoms in total. The molecule has 2 N–H and O–H groups in total. The highest BCUT2D eigenvalue weighted by atomic mass is 19.4. The molecule has 0 saturated carbocycles. The first-order chi connectivity index (χ1) is 18.1. The molecule has 2 aromatic rings. The molecule has 0 aromatic carbocycles. The molecule has 0 radical (unpaired) electrons. The minimum absolute atomic E-state index is 0.149. The fourth-order valence-electron chi connectivity index (χ4n) is 3.94. The van der Waals surface area contributed by atoms with E-state index in [1.54, 1.807) is 0 Å². The minimum Gasteiger partial charge on any atom is -0.475 e. The first-order valence-corrected chi connectivity index (χ1v) is 11.6. The number of hydrogen-bond donors (Lipinski definition) is 2. The van der Waals surface area contributed by atoms with Gasteiger partial charge in [0.25, 0.3) is 0 Å². The molecular formula is C23H28F6N4O6. The van der Waals surface area contributed by atoms with E-state index in [0.717, 1.165) is 76.2 Å². The number of aromatic nitrogens is 2. The summed E-state index contributed by atoms with van der Waals surface area (Å²) in [6, 6.07) is 6.05. The van der Waals surface area contributed by atoms with E-state index in [9.17, 15) is 26.3 Å². The Balaban J connectivity index is 0.000000317. The molecule has 4 rings (SSSR count). The number of furan rings is 1. The number of nitrogens with zero attached hydrogens (tertiary/aromatic N) is 4. The summed E-state index contributed by atoms with van der Waals surface area (Å²) in [7, 11) is 0. The summed E-state index contributed by atoms with van der Waals surface area (Å²) in [6.07, 6.45) is -4.49. The average Bonchev–Trinajstić information content (AvgIpc) is 3.43. The van der Waals surface area contributed by atoms with Gasteiger partial charge in [-0.2, -0.15) is 26.3 Å². The van der Waals surface area contributed by atoms with E-state index in [0.29, 0.717) is 0 Å². The number of ether oxygens (including phenoxy) is 1. The van der Waals surface area contributed by atoms with Gasteiger partial charge < -0.3 is 24.3 Å². The van der Waals surface area contributed by atoms with Gasteiger partial charge >= 0.3 is 24.3 Å². The minimum atomic E-state index is -5.08. The molecule has 1 spiro atoms. The summed E-state index contributed by atoms with van der Waals surface area (Å²) in [5.41, 5.74) is 0.149. The number of hydrogen-bond acceptors (Lipinski definition) is 8. The zero-order chi connectivity index (χ0) is 29.3. The van der Waals surface area contributed by atoms with Crippen LogP contribution in [-0.2, 0) is 27.3 Å². The SMILES string of the molecule is CCc1ccc(CN2CCOCC3(CCN(c4ncccn4)C3)C2)o1.O=C(O)C(F)(F)F.O=C(O)C(F)(F)F. The van der Waals surface area contributed by atoms with Crippen molar-refractivity contribution in [1.29, 1.82) is 0 Å². The molecule has 4 heterocycles. The Morgan fingerprint density at radius 1 is 0.974 bits per heavy atom. The lowest BCUT2D eigenvalue weighted by Gasteiger charge is -2.31. The summed E-state index contributed by atoms with van der Waals surface area (Å²) >= 11 is 0. The molecule has 16 heteroatoms. The zero-order valence-corrected chi connectivity index (χ0v) is 20.8. The maximum absolute atomic E-state index is 10.6. The third-order valence-corrected chi connectivity index (χ3v) is 5.72. The largest absolute Gasteiger partial charge is 0.490 e. The van der Waals surface area contributed by atoms with Crippen LogP contribution >= 0.6 is 0 Å². The second-order valence-corrected chi connectivity index (χ2v) is 8.81. The predicted octanol–water partition coefficient (Wildman–Crippen LogP) is 3.63. The highest BCUT2D eigenvalue weighted by molar-refractivity contribution is 5.73. The highest BCUT2D eigenvalue weighted by Gasteiger charge is 2.42. The normalized spacial score (nSPS) is 19.9. The number of rotatable bonds is 4. The Labute approximate surface area is 219 Å². The molecule has 1 unspecified atom stereocenters. The Bertz CT molecular complexity index is 1040. The molecule has 2 fully saturated rings. The highest BCUT2D eigenvalue weighted by Crippen LogP contribution is 2.35. The molecular weight excluding hydrogens is 542 g/mol. The smallest absolute Gasteiger partial charge is 0.475 e. The van der Waals surface area contributed by atoms with Gasteiger partial charge in [-0.15, -0.1) is 0 Å². The topological polar surface area (TPSA) is 129 Å². The molecule has 1 atom stereocenters. The van der Waals surface area contributed by atoms with Crippen LogP contribution < -0.4 is 4.90 Å². The molecule has 39 heavy (non-hydrogen) atoms. The average molecular weight is 570 g/mol. The fourth-order valence-corrected chi connectivity index (χ4v) is 3.94. The third-order valence-electron chi connectivity index (χ3n) is 5.72. The van der Waals surface area contributed by atoms with Crippen LogP contribution in [0.4, 0.5) is 32.3 Å². The van der Waals surface area contributed by atoms with Crippen LogP contribution in [0.1, 0.15) is 24.9 Å². The fraction of sp³-hybridized carbons (Fsp3) is 0.565. The predicted molar refractivity (Wildman–Crippen MR) is 123 cm³/mol. The van der Waals surface area contributed by atoms with Crippen molar-refractivity contribution in [2.75, 3.05) is 44.3 Å². The second-order valence-electron chi connectivity index (χ2n) is 8.81. The number of carboxylic acid groups (broad SMARTS) is 2. The lowest BCUT2D eigenvalue weighted by Crippen LogP contribution is -2.40. The Morgan fingerprint density at radius 3 is 2.05 bits per heavy atom. The van der Waals surface area contributed by atoms with E-state index in [4.69, 9.17) is 29.0 Å². The van der Waals surface area contributed by atoms with Crippen LogP contribution in [-0.4, -0.2) is 88.8 Å². The first-order valence-electron chi connectivity index (χ1n) is 11.6. The van der Waals surface area contributed by atoms with E-state index in [1.807, 2.05) is 18.5 Å². The van der Waals surface area contributed by atoms with Gasteiger partial charge in [0, 0.05) is 50.4 Å². The van der Waals surface area contributed by atoms with Crippen LogP contribution in [0.15, 0.2) is 35.0 Å². The standard InChI is InChI=1S/C19H26N4O2.2C2HF3O2/c1-2-16-4-5-17(25-16)12-22-10-11-24-15-19(13-22)6-9-23(14-19)18-20-7-3-8-21-18;2*3-2(4,5)1(6)7/h3-5,7-8H,2,6,9-15H2,1H3;2*(H,6,7). The van der Waals surface area contributed by atoms with Gasteiger partial charge in [-0.25, -0.2) is 19.6 Å². The molecule has 0 bridgehead atoms. The molecule has 2 saturated heterocycles. The number of carboxylic acids is 2. The van der Waals surface area contributed by atoms with Crippen LogP contribution in [0.25, 0.3) is 0 Å². The third kappa shape index (κ3) is 10.4. The van der Waals surface area contributed by atoms with E-state index >= 15 is 0 Å². The van der Waals surface area contributed by atoms with Gasteiger partial charge in [0.05, 0.1) is 19.8 Å². The van der Waals surface area contributed by atoms with Gasteiger partial charge in [0.15, 0.2) is 0 Å². The Kier molecular flexibility index (Phi) is 11.1. The number of carbonyl (C=O) groups is 2. The van der Waals surface area contributed by atoms with Gasteiger partial charge in [0.1, 0.15) is 11.5 Å². The molecule has 0 amide bonds. The van der Waals surface area contributed by atoms with E-state index < -0.39 is 24.3 Å². The monoisotopic (exact) mass is 570 g/mol. The summed E-state index contributed by atoms with van der Waals surface area (Å²) in [5.74, 6) is -2.58. The molecule has 2 aliphatic heterocycles. The second kappa shape index (κ2) is 13.6. The molecule has 218 valence electrons. The number of halogens is 6. The van der Waals surface area contributed by atoms with E-state index in [1.165, 1.54) is 0 Å². The lowest BCUT2D eigenvalue weighted by molar-refractivity contribution is -0.193. The van der Waals surface area contributed by atoms with Gasteiger partial charge in [-0.1, -0.05) is 6.92 Å². The van der Waals surface area contributed by atoms with Crippen molar-refractivity contribution in [2.45, 2.75) is 38.7 Å².